The molecule has 0 aliphatic carbocycles. The van der Waals surface area contributed by atoms with Gasteiger partial charge in [0, 0.05) is 51.0 Å². The van der Waals surface area contributed by atoms with Crippen LogP contribution in [-0.2, 0) is 27.7 Å². The number of hydrogen-bond donors (Lipinski definition) is 2. The molecule has 0 spiro atoms. The number of piperidine rings is 1. The minimum atomic E-state index is -2.86. The lowest BCUT2D eigenvalue weighted by molar-refractivity contribution is 0.0184. The summed E-state index contributed by atoms with van der Waals surface area (Å²) in [5, 5.41) is 6.84. The van der Waals surface area contributed by atoms with Gasteiger partial charge in [0.2, 0.25) is 0 Å². The second-order valence-electron chi connectivity index (χ2n) is 11.2. The molecule has 10 nitrogen and oxygen atoms in total. The van der Waals surface area contributed by atoms with Gasteiger partial charge in [0.1, 0.15) is 17.7 Å². The summed E-state index contributed by atoms with van der Waals surface area (Å²) in [6.45, 7) is 10.6. The number of carbonyl (C=O) groups is 1. The number of nitrogens with one attached hydrogen (secondary N) is 2. The molecule has 2 aromatic rings. The van der Waals surface area contributed by atoms with Crippen molar-refractivity contribution >= 4 is 27.4 Å². The van der Waals surface area contributed by atoms with Crippen molar-refractivity contribution in [3.8, 4) is 0 Å². The molecule has 3 heterocycles. The number of nitrogens with zero attached hydrogens (tertiary/aromatic N) is 4. The molecule has 2 fully saturated rings. The highest BCUT2D eigenvalue weighted by Crippen LogP contribution is 2.20. The van der Waals surface area contributed by atoms with Crippen LogP contribution in [-0.4, -0.2) is 84.1 Å². The highest BCUT2D eigenvalue weighted by molar-refractivity contribution is 7.91. The molecule has 38 heavy (non-hydrogen) atoms. The maximum absolute atomic E-state index is 12.2. The van der Waals surface area contributed by atoms with Crippen molar-refractivity contribution in [3.05, 3.63) is 47.9 Å². The van der Waals surface area contributed by atoms with Crippen molar-refractivity contribution in [1.82, 2.24) is 25.1 Å². The van der Waals surface area contributed by atoms with Gasteiger partial charge in [0.05, 0.1) is 17.2 Å². The third kappa shape index (κ3) is 8.92. The highest BCUT2D eigenvalue weighted by Gasteiger charge is 2.26. The molecule has 0 saturated carbocycles. The fourth-order valence-corrected chi connectivity index (χ4v) is 5.90. The average molecular weight is 545 g/mol. The van der Waals surface area contributed by atoms with Crippen molar-refractivity contribution < 1.29 is 17.9 Å². The molecule has 208 valence electrons. The smallest absolute Gasteiger partial charge is 0.410 e. The molecule has 0 radical (unpaired) electrons. The van der Waals surface area contributed by atoms with E-state index in [1.165, 1.54) is 0 Å². The maximum atomic E-state index is 12.2. The number of hydrogen-bond acceptors (Lipinski definition) is 9. The topological polar surface area (TPSA) is 117 Å². The monoisotopic (exact) mass is 544 g/mol. The van der Waals surface area contributed by atoms with E-state index in [0.29, 0.717) is 25.6 Å². The summed E-state index contributed by atoms with van der Waals surface area (Å²) in [4.78, 5) is 25.0. The first-order chi connectivity index (χ1) is 18.0. The Labute approximate surface area is 226 Å². The van der Waals surface area contributed by atoms with Gasteiger partial charge >= 0.3 is 6.09 Å². The van der Waals surface area contributed by atoms with Crippen LogP contribution in [0.25, 0.3) is 0 Å². The van der Waals surface area contributed by atoms with E-state index >= 15 is 0 Å². The van der Waals surface area contributed by atoms with E-state index in [0.717, 1.165) is 61.8 Å². The Morgan fingerprint density at radius 3 is 2.39 bits per heavy atom. The van der Waals surface area contributed by atoms with Crippen molar-refractivity contribution in [3.63, 3.8) is 0 Å². The van der Waals surface area contributed by atoms with Crippen LogP contribution in [0.15, 0.2) is 36.7 Å². The Morgan fingerprint density at radius 1 is 1.05 bits per heavy atom. The summed E-state index contributed by atoms with van der Waals surface area (Å²) < 4.78 is 28.7. The lowest BCUT2D eigenvalue weighted by Crippen LogP contribution is -2.43. The number of benzene rings is 1. The number of amides is 1. The number of anilines is 2. The van der Waals surface area contributed by atoms with Gasteiger partial charge in [0.25, 0.3) is 0 Å². The standard InChI is InChI=1S/C27H40N6O4S/c1-27(2,3)37-26(34)33-10-8-21(9-11-33)17-28-18-24-16-25(30-20-29-24)31-23-6-4-22(5-7-23)19-32-12-14-38(35,36)15-13-32/h4-7,16,20-21,28H,8-15,17-19H2,1-3H3,(H,29,30,31). The Hall–Kier alpha value is -2.76. The molecule has 2 saturated heterocycles. The zero-order valence-electron chi connectivity index (χ0n) is 22.6. The molecular weight excluding hydrogens is 504 g/mol. The molecule has 0 atom stereocenters. The lowest BCUT2D eigenvalue weighted by Gasteiger charge is -2.33. The number of sulfone groups is 1. The Morgan fingerprint density at radius 2 is 1.74 bits per heavy atom. The Bertz CT molecular complexity index is 1160. The average Bonchev–Trinajstić information content (AvgIpc) is 2.86. The summed E-state index contributed by atoms with van der Waals surface area (Å²) in [6, 6.07) is 10.1. The molecule has 4 rings (SSSR count). The van der Waals surface area contributed by atoms with Crippen LogP contribution in [0, 0.1) is 5.92 Å². The summed E-state index contributed by atoms with van der Waals surface area (Å²) in [5.41, 5.74) is 2.53. The van der Waals surface area contributed by atoms with Crippen LogP contribution in [0.2, 0.25) is 0 Å². The largest absolute Gasteiger partial charge is 0.444 e. The maximum Gasteiger partial charge on any atom is 0.410 e. The molecular formula is C27H40N6O4S. The zero-order valence-corrected chi connectivity index (χ0v) is 23.5. The van der Waals surface area contributed by atoms with E-state index in [2.05, 4.69) is 37.6 Å². The summed E-state index contributed by atoms with van der Waals surface area (Å²) in [6.07, 6.45) is 3.25. The summed E-state index contributed by atoms with van der Waals surface area (Å²) in [5.74, 6) is 1.73. The predicted octanol–water partition coefficient (Wildman–Crippen LogP) is 3.19. The van der Waals surface area contributed by atoms with Gasteiger partial charge in [-0.2, -0.15) is 0 Å². The minimum Gasteiger partial charge on any atom is -0.444 e. The summed E-state index contributed by atoms with van der Waals surface area (Å²) in [7, 11) is -2.86. The van der Waals surface area contributed by atoms with Crippen molar-refractivity contribution in [2.75, 3.05) is 49.5 Å². The van der Waals surface area contributed by atoms with Gasteiger partial charge in [-0.25, -0.2) is 23.2 Å². The van der Waals surface area contributed by atoms with E-state index in [1.807, 2.05) is 39.0 Å². The van der Waals surface area contributed by atoms with E-state index in [-0.39, 0.29) is 17.6 Å². The molecule has 1 aromatic carbocycles. The van der Waals surface area contributed by atoms with Crippen LogP contribution >= 0.6 is 0 Å². The fourth-order valence-electron chi connectivity index (χ4n) is 4.62. The quantitative estimate of drug-likeness (QED) is 0.517. The Balaban J connectivity index is 1.18. The van der Waals surface area contributed by atoms with Gasteiger partial charge < -0.3 is 20.3 Å². The van der Waals surface area contributed by atoms with E-state index in [9.17, 15) is 13.2 Å². The fraction of sp³-hybridized carbons (Fsp3) is 0.593. The third-order valence-corrected chi connectivity index (χ3v) is 8.41. The SMILES string of the molecule is CC(C)(C)OC(=O)N1CCC(CNCc2cc(Nc3ccc(CN4CCS(=O)(=O)CC4)cc3)ncn2)CC1. The van der Waals surface area contributed by atoms with Crippen molar-refractivity contribution in [2.45, 2.75) is 52.3 Å². The van der Waals surface area contributed by atoms with Crippen LogP contribution in [0.4, 0.5) is 16.3 Å². The Kier molecular flexibility index (Phi) is 9.22. The summed E-state index contributed by atoms with van der Waals surface area (Å²) >= 11 is 0. The number of likely N-dealkylation sites (tertiary alicyclic amines) is 1. The van der Waals surface area contributed by atoms with Crippen LogP contribution < -0.4 is 10.6 Å². The van der Waals surface area contributed by atoms with E-state index in [4.69, 9.17) is 4.74 Å². The van der Waals surface area contributed by atoms with Gasteiger partial charge in [-0.05, 0) is 63.8 Å². The first kappa shape index (κ1) is 28.3. The molecule has 0 bridgehead atoms. The van der Waals surface area contributed by atoms with Gasteiger partial charge in [-0.1, -0.05) is 12.1 Å². The van der Waals surface area contributed by atoms with E-state index in [1.54, 1.807) is 11.2 Å². The second kappa shape index (κ2) is 12.4. The molecule has 0 unspecified atom stereocenters. The normalized spacial score (nSPS) is 18.8. The second-order valence-corrected chi connectivity index (χ2v) is 13.5. The number of ether oxygens (including phenoxy) is 1. The molecule has 2 aliphatic heterocycles. The lowest BCUT2D eigenvalue weighted by atomic mass is 9.97. The molecule has 11 heteroatoms. The molecule has 2 aliphatic rings. The van der Waals surface area contributed by atoms with Crippen molar-refractivity contribution in [2.24, 2.45) is 5.92 Å². The number of aromatic nitrogens is 2. The van der Waals surface area contributed by atoms with Crippen LogP contribution in [0.3, 0.4) is 0 Å². The minimum absolute atomic E-state index is 0.223. The molecule has 1 amide bonds. The predicted molar refractivity (Wildman–Crippen MR) is 148 cm³/mol. The third-order valence-electron chi connectivity index (χ3n) is 6.80. The van der Waals surface area contributed by atoms with Crippen LogP contribution in [0.5, 0.6) is 0 Å². The molecule has 2 N–H and O–H groups in total. The first-order valence-electron chi connectivity index (χ1n) is 13.3. The number of carbonyl (C=O) groups excluding carboxylic acids is 1. The highest BCUT2D eigenvalue weighted by atomic mass is 32.2. The first-order valence-corrected chi connectivity index (χ1v) is 15.2. The van der Waals surface area contributed by atoms with Gasteiger partial charge in [-0.15, -0.1) is 0 Å². The van der Waals surface area contributed by atoms with Gasteiger partial charge in [0.15, 0.2) is 9.84 Å². The van der Waals surface area contributed by atoms with Crippen molar-refractivity contribution in [1.29, 1.82) is 0 Å². The van der Waals surface area contributed by atoms with Crippen LogP contribution in [0.1, 0.15) is 44.9 Å². The number of rotatable bonds is 8. The van der Waals surface area contributed by atoms with Gasteiger partial charge in [-0.3, -0.25) is 4.90 Å². The molecule has 1 aromatic heterocycles. The van der Waals surface area contributed by atoms with E-state index < -0.39 is 15.4 Å². The zero-order chi connectivity index (χ0) is 27.2.